The number of hydrogen-bond acceptors (Lipinski definition) is 8. The third kappa shape index (κ3) is 4.90. The predicted octanol–water partition coefficient (Wildman–Crippen LogP) is 2.72. The SMILES string of the molecule is COC(=O)[C@](C)(c1ccccn1)N(C)Cc1nc([C@H](C)OCC(C)C)no1. The van der Waals surface area contributed by atoms with Gasteiger partial charge in [0.05, 0.1) is 19.3 Å². The molecule has 0 aliphatic heterocycles. The summed E-state index contributed by atoms with van der Waals surface area (Å²) in [7, 11) is 3.14. The minimum atomic E-state index is -1.09. The first-order chi connectivity index (χ1) is 12.8. The normalized spacial score (nSPS) is 15.0. The molecule has 0 saturated heterocycles. The van der Waals surface area contributed by atoms with Gasteiger partial charge in [-0.05, 0) is 38.9 Å². The van der Waals surface area contributed by atoms with Crippen LogP contribution in [-0.4, -0.2) is 46.8 Å². The van der Waals surface area contributed by atoms with Crippen LogP contribution < -0.4 is 0 Å². The zero-order valence-electron chi connectivity index (χ0n) is 16.8. The van der Waals surface area contributed by atoms with E-state index in [1.165, 1.54) is 7.11 Å². The monoisotopic (exact) mass is 376 g/mol. The van der Waals surface area contributed by atoms with Crippen molar-refractivity contribution < 1.29 is 18.8 Å². The van der Waals surface area contributed by atoms with E-state index in [0.29, 0.717) is 29.9 Å². The average Bonchev–Trinajstić information content (AvgIpc) is 3.13. The molecule has 0 bridgehead atoms. The molecule has 2 atom stereocenters. The summed E-state index contributed by atoms with van der Waals surface area (Å²) in [5.74, 6) is 0.872. The van der Waals surface area contributed by atoms with Crippen molar-refractivity contribution in [2.75, 3.05) is 20.8 Å². The van der Waals surface area contributed by atoms with Crippen molar-refractivity contribution >= 4 is 5.97 Å². The van der Waals surface area contributed by atoms with Crippen LogP contribution in [0.4, 0.5) is 0 Å². The third-order valence-corrected chi connectivity index (χ3v) is 4.41. The van der Waals surface area contributed by atoms with E-state index in [-0.39, 0.29) is 12.6 Å². The number of carbonyl (C=O) groups is 1. The van der Waals surface area contributed by atoms with E-state index in [1.807, 2.05) is 13.0 Å². The van der Waals surface area contributed by atoms with Crippen molar-refractivity contribution in [3.63, 3.8) is 0 Å². The highest BCUT2D eigenvalue weighted by atomic mass is 16.5. The van der Waals surface area contributed by atoms with E-state index >= 15 is 0 Å². The Hall–Kier alpha value is -2.32. The van der Waals surface area contributed by atoms with Crippen LogP contribution in [0.25, 0.3) is 0 Å². The maximum Gasteiger partial charge on any atom is 0.332 e. The van der Waals surface area contributed by atoms with Gasteiger partial charge in [0.25, 0.3) is 0 Å². The number of methoxy groups -OCH3 is 1. The number of aromatic nitrogens is 3. The first-order valence-electron chi connectivity index (χ1n) is 8.94. The fourth-order valence-corrected chi connectivity index (χ4v) is 2.58. The number of likely N-dealkylation sites (N-methyl/N-ethyl adjacent to an activating group) is 1. The van der Waals surface area contributed by atoms with Gasteiger partial charge in [-0.3, -0.25) is 9.88 Å². The third-order valence-electron chi connectivity index (χ3n) is 4.41. The molecular formula is C19H28N4O4. The van der Waals surface area contributed by atoms with Crippen LogP contribution in [-0.2, 0) is 26.4 Å². The molecule has 0 aromatic carbocycles. The Bertz CT molecular complexity index is 734. The Labute approximate surface area is 159 Å². The summed E-state index contributed by atoms with van der Waals surface area (Å²) in [5.41, 5.74) is -0.516. The van der Waals surface area contributed by atoms with E-state index in [4.69, 9.17) is 14.0 Å². The highest BCUT2D eigenvalue weighted by molar-refractivity contribution is 5.81. The summed E-state index contributed by atoms with van der Waals surface area (Å²) in [5, 5.41) is 4.00. The molecule has 0 N–H and O–H groups in total. The van der Waals surface area contributed by atoms with Gasteiger partial charge in [-0.15, -0.1) is 0 Å². The van der Waals surface area contributed by atoms with Crippen LogP contribution >= 0.6 is 0 Å². The van der Waals surface area contributed by atoms with Crippen molar-refractivity contribution in [1.29, 1.82) is 0 Å². The fourth-order valence-electron chi connectivity index (χ4n) is 2.58. The molecule has 27 heavy (non-hydrogen) atoms. The van der Waals surface area contributed by atoms with Crippen molar-refractivity contribution in [2.45, 2.75) is 45.9 Å². The number of nitrogens with zero attached hydrogens (tertiary/aromatic N) is 4. The lowest BCUT2D eigenvalue weighted by molar-refractivity contribution is -0.155. The molecular weight excluding hydrogens is 348 g/mol. The average molecular weight is 376 g/mol. The molecule has 148 valence electrons. The lowest BCUT2D eigenvalue weighted by atomic mass is 9.95. The molecule has 2 aromatic heterocycles. The van der Waals surface area contributed by atoms with Gasteiger partial charge < -0.3 is 14.0 Å². The number of pyridine rings is 1. The predicted molar refractivity (Wildman–Crippen MR) is 98.6 cm³/mol. The van der Waals surface area contributed by atoms with Gasteiger partial charge >= 0.3 is 5.97 Å². The second-order valence-corrected chi connectivity index (χ2v) is 7.05. The van der Waals surface area contributed by atoms with Gasteiger partial charge in [0.2, 0.25) is 5.89 Å². The molecule has 0 aliphatic rings. The fraction of sp³-hybridized carbons (Fsp3) is 0.579. The second-order valence-electron chi connectivity index (χ2n) is 7.05. The number of rotatable bonds is 9. The minimum absolute atomic E-state index is 0.256. The molecule has 2 heterocycles. The van der Waals surface area contributed by atoms with Crippen molar-refractivity contribution in [3.05, 3.63) is 41.8 Å². The Morgan fingerprint density at radius 2 is 2.07 bits per heavy atom. The molecule has 0 aliphatic carbocycles. The van der Waals surface area contributed by atoms with Crippen LogP contribution in [0.15, 0.2) is 28.9 Å². The van der Waals surface area contributed by atoms with Gasteiger partial charge in [-0.25, -0.2) is 4.79 Å². The molecule has 2 rings (SSSR count). The number of ether oxygens (including phenoxy) is 2. The summed E-state index contributed by atoms with van der Waals surface area (Å²) in [6.45, 7) is 8.67. The van der Waals surface area contributed by atoms with E-state index in [2.05, 4.69) is 29.0 Å². The Balaban J connectivity index is 2.16. The number of hydrogen-bond donors (Lipinski definition) is 0. The number of esters is 1. The van der Waals surface area contributed by atoms with E-state index < -0.39 is 11.5 Å². The standard InChI is InChI=1S/C19H28N4O4/c1-13(2)12-26-14(3)17-21-16(27-22-17)11-23(5)19(4,18(24)25-6)15-9-7-8-10-20-15/h7-10,13-14H,11-12H2,1-6H3/t14-,19-/m0/s1. The summed E-state index contributed by atoms with van der Waals surface area (Å²) in [4.78, 5) is 23.0. The van der Waals surface area contributed by atoms with Crippen molar-refractivity contribution in [3.8, 4) is 0 Å². The largest absolute Gasteiger partial charge is 0.467 e. The second kappa shape index (κ2) is 9.05. The topological polar surface area (TPSA) is 90.6 Å². The zero-order chi connectivity index (χ0) is 20.0. The van der Waals surface area contributed by atoms with E-state index in [1.54, 1.807) is 37.2 Å². The van der Waals surface area contributed by atoms with Crippen LogP contribution in [0.5, 0.6) is 0 Å². The molecule has 0 amide bonds. The van der Waals surface area contributed by atoms with E-state index in [0.717, 1.165) is 0 Å². The van der Waals surface area contributed by atoms with Gasteiger partial charge in [0.1, 0.15) is 6.10 Å². The van der Waals surface area contributed by atoms with Crippen LogP contribution in [0.1, 0.15) is 51.2 Å². The van der Waals surface area contributed by atoms with Gasteiger partial charge in [-0.1, -0.05) is 25.1 Å². The van der Waals surface area contributed by atoms with Crippen LogP contribution in [0, 0.1) is 5.92 Å². The molecule has 0 fully saturated rings. The summed E-state index contributed by atoms with van der Waals surface area (Å²) >= 11 is 0. The van der Waals surface area contributed by atoms with Gasteiger partial charge in [0.15, 0.2) is 11.4 Å². The minimum Gasteiger partial charge on any atom is -0.467 e. The molecule has 8 heteroatoms. The Morgan fingerprint density at radius 3 is 2.67 bits per heavy atom. The van der Waals surface area contributed by atoms with Gasteiger partial charge in [-0.2, -0.15) is 4.98 Å². The number of carbonyl (C=O) groups excluding carboxylic acids is 1. The Morgan fingerprint density at radius 1 is 1.33 bits per heavy atom. The maximum atomic E-state index is 12.5. The lowest BCUT2D eigenvalue weighted by Gasteiger charge is -2.34. The Kier molecular flexibility index (Phi) is 7.04. The van der Waals surface area contributed by atoms with Crippen LogP contribution in [0.3, 0.4) is 0 Å². The molecule has 0 spiro atoms. The highest BCUT2D eigenvalue weighted by Crippen LogP contribution is 2.28. The zero-order valence-corrected chi connectivity index (χ0v) is 16.8. The first kappa shape index (κ1) is 21.0. The molecule has 2 aromatic rings. The smallest absolute Gasteiger partial charge is 0.332 e. The van der Waals surface area contributed by atoms with Crippen molar-refractivity contribution in [2.24, 2.45) is 5.92 Å². The van der Waals surface area contributed by atoms with E-state index in [9.17, 15) is 4.79 Å². The molecule has 8 nitrogen and oxygen atoms in total. The highest BCUT2D eigenvalue weighted by Gasteiger charge is 2.42. The quantitative estimate of drug-likeness (QED) is 0.617. The van der Waals surface area contributed by atoms with Gasteiger partial charge in [0, 0.05) is 12.8 Å². The lowest BCUT2D eigenvalue weighted by Crippen LogP contribution is -2.48. The summed E-state index contributed by atoms with van der Waals surface area (Å²) in [6, 6.07) is 5.41. The van der Waals surface area contributed by atoms with Crippen molar-refractivity contribution in [1.82, 2.24) is 20.0 Å². The summed E-state index contributed by atoms with van der Waals surface area (Å²) < 4.78 is 16.1. The molecule has 0 unspecified atom stereocenters. The first-order valence-corrected chi connectivity index (χ1v) is 8.94. The summed E-state index contributed by atoms with van der Waals surface area (Å²) in [6.07, 6.45) is 1.38. The molecule has 0 radical (unpaired) electrons. The maximum absolute atomic E-state index is 12.5. The molecule has 0 saturated carbocycles. The van der Waals surface area contributed by atoms with Crippen LogP contribution in [0.2, 0.25) is 0 Å².